The van der Waals surface area contributed by atoms with Crippen molar-refractivity contribution in [2.24, 2.45) is 0 Å². The molecule has 1 aromatic carbocycles. The van der Waals surface area contributed by atoms with Gasteiger partial charge in [0.25, 0.3) is 11.8 Å². The third-order valence-electron chi connectivity index (χ3n) is 4.14. The Hall–Kier alpha value is -1.54. The third-order valence-corrected chi connectivity index (χ3v) is 5.95. The van der Waals surface area contributed by atoms with Crippen LogP contribution in [-0.4, -0.2) is 50.0 Å². The predicted molar refractivity (Wildman–Crippen MR) is 74.1 cm³/mol. The molecule has 0 N–H and O–H groups in total. The van der Waals surface area contributed by atoms with E-state index in [9.17, 15) is 22.0 Å². The van der Waals surface area contributed by atoms with Crippen molar-refractivity contribution in [2.45, 2.75) is 18.1 Å². The molecule has 5 nitrogen and oxygen atoms in total. The highest BCUT2D eigenvalue weighted by Crippen LogP contribution is 2.39. The highest BCUT2D eigenvalue weighted by atomic mass is 32.2. The van der Waals surface area contributed by atoms with E-state index in [2.05, 4.69) is 0 Å². The Kier molecular flexibility index (Phi) is 3.30. The smallest absolute Gasteiger partial charge is 0.290 e. The van der Waals surface area contributed by atoms with Crippen LogP contribution in [0.2, 0.25) is 0 Å². The van der Waals surface area contributed by atoms with Crippen LogP contribution in [0, 0.1) is 0 Å². The van der Waals surface area contributed by atoms with Crippen molar-refractivity contribution < 1.29 is 26.7 Å². The first-order valence-electron chi connectivity index (χ1n) is 6.70. The van der Waals surface area contributed by atoms with E-state index in [1.165, 1.54) is 19.2 Å². The number of carbonyl (C=O) groups excluding carboxylic acids is 1. The van der Waals surface area contributed by atoms with E-state index in [1.54, 1.807) is 12.1 Å². The summed E-state index contributed by atoms with van der Waals surface area (Å²) in [5.74, 6) is -4.78. The fourth-order valence-corrected chi connectivity index (χ4v) is 4.85. The number of alkyl halides is 2. The molecule has 120 valence electrons. The van der Waals surface area contributed by atoms with Gasteiger partial charge in [0.1, 0.15) is 0 Å². The molecule has 0 bridgehead atoms. The lowest BCUT2D eigenvalue weighted by Gasteiger charge is -2.43. The van der Waals surface area contributed by atoms with Crippen LogP contribution >= 0.6 is 0 Å². The maximum Gasteiger partial charge on any atom is 0.290 e. The minimum Gasteiger partial charge on any atom is -0.366 e. The van der Waals surface area contributed by atoms with Crippen molar-refractivity contribution in [3.05, 3.63) is 35.4 Å². The molecule has 0 spiro atoms. The second-order valence-corrected chi connectivity index (χ2v) is 7.82. The number of amides is 1. The van der Waals surface area contributed by atoms with Gasteiger partial charge in [-0.2, -0.15) is 8.78 Å². The molecular formula is C14H15F2NO4S. The van der Waals surface area contributed by atoms with E-state index in [0.717, 1.165) is 4.90 Å². The molecular weight excluding hydrogens is 316 g/mol. The molecule has 22 heavy (non-hydrogen) atoms. The van der Waals surface area contributed by atoms with Gasteiger partial charge in [0.2, 0.25) is 0 Å². The number of benzene rings is 1. The Balaban J connectivity index is 1.90. The molecule has 1 saturated heterocycles. The van der Waals surface area contributed by atoms with E-state index < -0.39 is 45.3 Å². The normalized spacial score (nSPS) is 24.2. The monoisotopic (exact) mass is 331 g/mol. The molecule has 1 aromatic rings. The maximum absolute atomic E-state index is 14.2. The maximum atomic E-state index is 14.2. The van der Waals surface area contributed by atoms with Gasteiger partial charge >= 0.3 is 0 Å². The molecule has 3 rings (SSSR count). The zero-order valence-corrected chi connectivity index (χ0v) is 12.7. The van der Waals surface area contributed by atoms with Crippen LogP contribution in [0.3, 0.4) is 0 Å². The summed E-state index contributed by atoms with van der Waals surface area (Å²) in [6, 6.07) is 6.04. The molecule has 1 amide bonds. The summed E-state index contributed by atoms with van der Waals surface area (Å²) < 4.78 is 56.3. The molecule has 2 heterocycles. The molecule has 0 unspecified atom stereocenters. The molecule has 0 aliphatic carbocycles. The first-order valence-corrected chi connectivity index (χ1v) is 8.52. The quantitative estimate of drug-likeness (QED) is 0.809. The molecule has 0 aromatic heterocycles. The molecule has 8 heteroatoms. The minimum absolute atomic E-state index is 0.0236. The van der Waals surface area contributed by atoms with Crippen molar-refractivity contribution in [2.75, 3.05) is 25.2 Å². The fraction of sp³-hybridized carbons (Fsp3) is 0.500. The fourth-order valence-electron chi connectivity index (χ4n) is 3.03. The number of methoxy groups -OCH3 is 1. The summed E-state index contributed by atoms with van der Waals surface area (Å²) in [7, 11) is -2.11. The molecule has 0 atom stereocenters. The zero-order valence-electron chi connectivity index (χ0n) is 11.9. The molecule has 1 fully saturated rings. The summed E-state index contributed by atoms with van der Waals surface area (Å²) in [6.07, 6.45) is 0. The van der Waals surface area contributed by atoms with Crippen LogP contribution in [0.4, 0.5) is 8.78 Å². The summed E-state index contributed by atoms with van der Waals surface area (Å²) in [5.41, 5.74) is -1.26. The van der Waals surface area contributed by atoms with Gasteiger partial charge in [0.05, 0.1) is 18.1 Å². The Morgan fingerprint density at radius 1 is 1.27 bits per heavy atom. The number of ether oxygens (including phenoxy) is 1. The Labute approximate surface area is 126 Å². The van der Waals surface area contributed by atoms with E-state index >= 15 is 0 Å². The van der Waals surface area contributed by atoms with E-state index in [4.69, 9.17) is 4.74 Å². The molecule has 2 aliphatic heterocycles. The first-order chi connectivity index (χ1) is 10.2. The topological polar surface area (TPSA) is 63.7 Å². The summed E-state index contributed by atoms with van der Waals surface area (Å²) >= 11 is 0. The summed E-state index contributed by atoms with van der Waals surface area (Å²) in [5, 5.41) is 0. The van der Waals surface area contributed by atoms with Crippen LogP contribution < -0.4 is 0 Å². The summed E-state index contributed by atoms with van der Waals surface area (Å²) in [6.45, 7) is -0.746. The second kappa shape index (κ2) is 4.73. The lowest BCUT2D eigenvalue weighted by Crippen LogP contribution is -2.66. The number of sulfone groups is 1. The van der Waals surface area contributed by atoms with Crippen LogP contribution in [-0.2, 0) is 31.8 Å². The van der Waals surface area contributed by atoms with Gasteiger partial charge in [-0.1, -0.05) is 24.3 Å². The van der Waals surface area contributed by atoms with Gasteiger partial charge in [-0.25, -0.2) is 8.42 Å². The van der Waals surface area contributed by atoms with Crippen LogP contribution in [0.1, 0.15) is 11.1 Å². The van der Waals surface area contributed by atoms with Gasteiger partial charge in [0.15, 0.2) is 15.4 Å². The lowest BCUT2D eigenvalue weighted by atomic mass is 9.95. The minimum atomic E-state index is -3.33. The van der Waals surface area contributed by atoms with Gasteiger partial charge in [-0.15, -0.1) is 0 Å². The lowest BCUT2D eigenvalue weighted by molar-refractivity contribution is -0.160. The average molecular weight is 331 g/mol. The standard InChI is InChI=1S/C14H15F2NO4S/c1-21-13(8-22(19,20)9-13)12(18)17-6-10-4-2-3-5-11(10)14(15,16)7-17/h2-5H,6-9H2,1H3. The van der Waals surface area contributed by atoms with Crippen molar-refractivity contribution in [3.63, 3.8) is 0 Å². The van der Waals surface area contributed by atoms with Crippen LogP contribution in [0.25, 0.3) is 0 Å². The highest BCUT2D eigenvalue weighted by Gasteiger charge is 2.57. The molecule has 2 aliphatic rings. The Morgan fingerprint density at radius 3 is 2.50 bits per heavy atom. The first kappa shape index (κ1) is 15.4. The van der Waals surface area contributed by atoms with Crippen molar-refractivity contribution in [3.8, 4) is 0 Å². The second-order valence-electron chi connectivity index (χ2n) is 5.75. The molecule has 0 radical (unpaired) electrons. The number of rotatable bonds is 2. The van der Waals surface area contributed by atoms with Gasteiger partial charge in [-0.05, 0) is 5.56 Å². The number of carbonyl (C=O) groups is 1. The van der Waals surface area contributed by atoms with Crippen molar-refractivity contribution in [1.29, 1.82) is 0 Å². The molecule has 0 saturated carbocycles. The number of nitrogens with zero attached hydrogens (tertiary/aromatic N) is 1. The van der Waals surface area contributed by atoms with Gasteiger partial charge in [0, 0.05) is 19.2 Å². The largest absolute Gasteiger partial charge is 0.366 e. The zero-order chi connectivity index (χ0) is 16.2. The van der Waals surface area contributed by atoms with E-state index in [-0.39, 0.29) is 12.1 Å². The number of hydrogen-bond donors (Lipinski definition) is 0. The van der Waals surface area contributed by atoms with Gasteiger partial charge < -0.3 is 9.64 Å². The summed E-state index contributed by atoms with van der Waals surface area (Å²) in [4.78, 5) is 13.5. The SMILES string of the molecule is COC1(C(=O)N2Cc3ccccc3C(F)(F)C2)CS(=O)(=O)C1. The van der Waals surface area contributed by atoms with Gasteiger partial charge in [-0.3, -0.25) is 4.79 Å². The Bertz CT molecular complexity index is 720. The van der Waals surface area contributed by atoms with Crippen LogP contribution in [0.5, 0.6) is 0 Å². The van der Waals surface area contributed by atoms with Crippen molar-refractivity contribution >= 4 is 15.7 Å². The van der Waals surface area contributed by atoms with Crippen molar-refractivity contribution in [1.82, 2.24) is 4.90 Å². The number of halogens is 2. The number of fused-ring (bicyclic) bond motifs is 1. The predicted octanol–water partition coefficient (Wildman–Crippen LogP) is 0.934. The highest BCUT2D eigenvalue weighted by molar-refractivity contribution is 7.93. The van der Waals surface area contributed by atoms with Crippen LogP contribution in [0.15, 0.2) is 24.3 Å². The third kappa shape index (κ3) is 2.30. The Morgan fingerprint density at radius 2 is 1.91 bits per heavy atom. The average Bonchev–Trinajstić information content (AvgIpc) is 2.42. The van der Waals surface area contributed by atoms with E-state index in [0.29, 0.717) is 5.56 Å². The number of hydrogen-bond acceptors (Lipinski definition) is 4. The van der Waals surface area contributed by atoms with E-state index in [1.807, 2.05) is 0 Å².